The van der Waals surface area contributed by atoms with Gasteiger partial charge < -0.3 is 25.8 Å². The van der Waals surface area contributed by atoms with Gasteiger partial charge in [-0.25, -0.2) is 0 Å². The molecular weight excluding hydrogens is 240 g/mol. The number of nitrogens with zero attached hydrogens (tertiary/aromatic N) is 1. The van der Waals surface area contributed by atoms with Crippen molar-refractivity contribution in [3.05, 3.63) is 29.6 Å². The van der Waals surface area contributed by atoms with E-state index >= 15 is 0 Å². The summed E-state index contributed by atoms with van der Waals surface area (Å²) in [7, 11) is 0. The molecule has 4 atom stereocenters. The number of ether oxygens (including phenoxy) is 1. The van der Waals surface area contributed by atoms with Crippen molar-refractivity contribution in [2.75, 3.05) is 6.61 Å². The van der Waals surface area contributed by atoms with Crippen molar-refractivity contribution in [3.63, 3.8) is 0 Å². The van der Waals surface area contributed by atoms with Gasteiger partial charge in [-0.3, -0.25) is 9.78 Å². The van der Waals surface area contributed by atoms with E-state index in [4.69, 9.17) is 15.6 Å². The first-order valence-electron chi connectivity index (χ1n) is 5.42. The number of pyridine rings is 1. The predicted molar refractivity (Wildman–Crippen MR) is 59.5 cm³/mol. The standard InChI is InChI=1S/C11H14N2O5/c12-11(17)5-1-2-6(13-3-5)10-9(16)8(15)7(4-14)18-10/h1-3,7-10,14-16H,4H2,(H2,12,17). The molecule has 0 spiro atoms. The first kappa shape index (κ1) is 12.9. The molecule has 1 aliphatic heterocycles. The molecule has 2 heterocycles. The first-order chi connectivity index (χ1) is 8.54. The molecule has 1 saturated heterocycles. The second-order valence-electron chi connectivity index (χ2n) is 4.09. The number of aliphatic hydroxyl groups is 3. The lowest BCUT2D eigenvalue weighted by Gasteiger charge is -2.13. The van der Waals surface area contributed by atoms with Crippen LogP contribution in [-0.4, -0.2) is 51.1 Å². The van der Waals surface area contributed by atoms with Crippen molar-refractivity contribution < 1.29 is 24.9 Å². The van der Waals surface area contributed by atoms with E-state index in [0.29, 0.717) is 5.69 Å². The minimum absolute atomic E-state index is 0.241. The summed E-state index contributed by atoms with van der Waals surface area (Å²) in [5, 5.41) is 28.3. The summed E-state index contributed by atoms with van der Waals surface area (Å²) in [4.78, 5) is 14.8. The number of primary amides is 1. The lowest BCUT2D eigenvalue weighted by atomic mass is 10.1. The molecule has 2 rings (SSSR count). The summed E-state index contributed by atoms with van der Waals surface area (Å²) in [6, 6.07) is 2.94. The Labute approximate surface area is 103 Å². The van der Waals surface area contributed by atoms with Gasteiger partial charge in [-0.05, 0) is 12.1 Å². The van der Waals surface area contributed by atoms with Gasteiger partial charge in [-0.15, -0.1) is 0 Å². The van der Waals surface area contributed by atoms with E-state index in [1.807, 2.05) is 0 Å². The lowest BCUT2D eigenvalue weighted by Crippen LogP contribution is -2.32. The molecule has 98 valence electrons. The number of rotatable bonds is 3. The van der Waals surface area contributed by atoms with Crippen LogP contribution in [0.25, 0.3) is 0 Å². The maximum absolute atomic E-state index is 10.9. The van der Waals surface area contributed by atoms with Crippen LogP contribution in [0.5, 0.6) is 0 Å². The van der Waals surface area contributed by atoms with Crippen molar-refractivity contribution in [1.29, 1.82) is 0 Å². The first-order valence-corrected chi connectivity index (χ1v) is 5.42. The molecule has 7 heteroatoms. The van der Waals surface area contributed by atoms with E-state index in [-0.39, 0.29) is 5.56 Å². The van der Waals surface area contributed by atoms with Crippen molar-refractivity contribution in [2.24, 2.45) is 5.73 Å². The van der Waals surface area contributed by atoms with Crippen molar-refractivity contribution in [2.45, 2.75) is 24.4 Å². The highest BCUT2D eigenvalue weighted by Gasteiger charge is 2.43. The highest BCUT2D eigenvalue weighted by molar-refractivity contribution is 5.92. The number of carbonyl (C=O) groups excluding carboxylic acids is 1. The van der Waals surface area contributed by atoms with Crippen LogP contribution in [0.2, 0.25) is 0 Å². The number of nitrogens with two attached hydrogens (primary N) is 1. The van der Waals surface area contributed by atoms with Crippen LogP contribution < -0.4 is 5.73 Å². The summed E-state index contributed by atoms with van der Waals surface area (Å²) < 4.78 is 5.29. The SMILES string of the molecule is NC(=O)c1ccc(C2OC(CO)C(O)C2O)nc1. The average Bonchev–Trinajstić information content (AvgIpc) is 2.66. The number of hydrogen-bond donors (Lipinski definition) is 4. The van der Waals surface area contributed by atoms with E-state index in [1.165, 1.54) is 18.3 Å². The molecule has 0 saturated carbocycles. The van der Waals surface area contributed by atoms with Crippen LogP contribution in [0.1, 0.15) is 22.2 Å². The number of carbonyl (C=O) groups is 1. The molecule has 1 aliphatic rings. The van der Waals surface area contributed by atoms with Crippen LogP contribution >= 0.6 is 0 Å². The lowest BCUT2D eigenvalue weighted by molar-refractivity contribution is -0.0239. The van der Waals surface area contributed by atoms with Gasteiger partial charge in [0.1, 0.15) is 24.4 Å². The summed E-state index contributed by atoms with van der Waals surface area (Å²) in [5.41, 5.74) is 5.68. The van der Waals surface area contributed by atoms with Crippen LogP contribution in [0.4, 0.5) is 0 Å². The molecule has 1 aromatic heterocycles. The van der Waals surface area contributed by atoms with Gasteiger partial charge >= 0.3 is 0 Å². The van der Waals surface area contributed by atoms with Crippen LogP contribution in [0, 0.1) is 0 Å². The van der Waals surface area contributed by atoms with Crippen LogP contribution in [0.3, 0.4) is 0 Å². The van der Waals surface area contributed by atoms with Crippen LogP contribution in [-0.2, 0) is 4.74 Å². The third-order valence-corrected chi connectivity index (χ3v) is 2.90. The topological polar surface area (TPSA) is 126 Å². The molecular formula is C11H14N2O5. The fraction of sp³-hybridized carbons (Fsp3) is 0.455. The van der Waals surface area contributed by atoms with Gasteiger partial charge in [0, 0.05) is 6.20 Å². The number of aliphatic hydroxyl groups excluding tert-OH is 3. The minimum atomic E-state index is -1.17. The zero-order valence-corrected chi connectivity index (χ0v) is 9.43. The number of amides is 1. The zero-order chi connectivity index (χ0) is 13.3. The quantitative estimate of drug-likeness (QED) is 0.511. The van der Waals surface area contributed by atoms with E-state index in [2.05, 4.69) is 4.98 Å². The third-order valence-electron chi connectivity index (χ3n) is 2.90. The summed E-state index contributed by atoms with van der Waals surface area (Å²) in [5.74, 6) is -0.602. The highest BCUT2D eigenvalue weighted by atomic mass is 16.6. The molecule has 0 aliphatic carbocycles. The van der Waals surface area contributed by atoms with Gasteiger partial charge in [0.05, 0.1) is 17.9 Å². The Hall–Kier alpha value is -1.54. The Kier molecular flexibility index (Phi) is 3.58. The van der Waals surface area contributed by atoms with Crippen molar-refractivity contribution >= 4 is 5.91 Å². The monoisotopic (exact) mass is 254 g/mol. The minimum Gasteiger partial charge on any atom is -0.394 e. The van der Waals surface area contributed by atoms with Crippen molar-refractivity contribution in [3.8, 4) is 0 Å². The van der Waals surface area contributed by atoms with E-state index in [9.17, 15) is 15.0 Å². The van der Waals surface area contributed by atoms with Crippen LogP contribution in [0.15, 0.2) is 18.3 Å². The molecule has 5 N–H and O–H groups in total. The van der Waals surface area contributed by atoms with Gasteiger partial charge in [-0.1, -0.05) is 0 Å². The van der Waals surface area contributed by atoms with Gasteiger partial charge in [0.25, 0.3) is 0 Å². The molecule has 0 radical (unpaired) electrons. The Balaban J connectivity index is 2.19. The zero-order valence-electron chi connectivity index (χ0n) is 9.43. The molecule has 0 aromatic carbocycles. The van der Waals surface area contributed by atoms with E-state index in [1.54, 1.807) is 0 Å². The Morgan fingerprint density at radius 2 is 2.11 bits per heavy atom. The summed E-state index contributed by atoms with van der Waals surface area (Å²) in [6.07, 6.45) is -2.75. The maximum Gasteiger partial charge on any atom is 0.250 e. The normalized spacial score (nSPS) is 31.5. The van der Waals surface area contributed by atoms with Gasteiger partial charge in [0.2, 0.25) is 5.91 Å². The Morgan fingerprint density at radius 3 is 2.56 bits per heavy atom. The number of aromatic nitrogens is 1. The van der Waals surface area contributed by atoms with Gasteiger partial charge in [-0.2, -0.15) is 0 Å². The summed E-state index contributed by atoms with van der Waals surface area (Å²) in [6.45, 7) is -0.395. The molecule has 18 heavy (non-hydrogen) atoms. The fourth-order valence-corrected chi connectivity index (χ4v) is 1.86. The Bertz CT molecular complexity index is 436. The smallest absolute Gasteiger partial charge is 0.250 e. The van der Waals surface area contributed by atoms with Crippen molar-refractivity contribution in [1.82, 2.24) is 4.98 Å². The second-order valence-corrected chi connectivity index (χ2v) is 4.09. The highest BCUT2D eigenvalue weighted by Crippen LogP contribution is 2.32. The maximum atomic E-state index is 10.9. The molecule has 1 amide bonds. The van der Waals surface area contributed by atoms with Gasteiger partial charge in [0.15, 0.2) is 0 Å². The molecule has 0 bridgehead atoms. The second kappa shape index (κ2) is 4.99. The predicted octanol–water partition coefficient (Wildman–Crippen LogP) is -1.67. The van der Waals surface area contributed by atoms with E-state index in [0.717, 1.165) is 0 Å². The molecule has 4 unspecified atom stereocenters. The Morgan fingerprint density at radius 1 is 1.39 bits per heavy atom. The number of hydrogen-bond acceptors (Lipinski definition) is 6. The molecule has 1 fully saturated rings. The fourth-order valence-electron chi connectivity index (χ4n) is 1.86. The van der Waals surface area contributed by atoms with E-state index < -0.39 is 36.9 Å². The molecule has 1 aromatic rings. The summed E-state index contributed by atoms with van der Waals surface area (Å²) >= 11 is 0. The average molecular weight is 254 g/mol. The third kappa shape index (κ3) is 2.21. The molecule has 7 nitrogen and oxygen atoms in total. The largest absolute Gasteiger partial charge is 0.394 e.